The molecule has 1 aromatic rings. The van der Waals surface area contributed by atoms with E-state index in [9.17, 15) is 0 Å². The summed E-state index contributed by atoms with van der Waals surface area (Å²) in [5.41, 5.74) is 5.60. The van der Waals surface area contributed by atoms with Crippen molar-refractivity contribution in [3.8, 4) is 0 Å². The van der Waals surface area contributed by atoms with Crippen LogP contribution >= 0.6 is 0 Å². The molecule has 0 unspecified atom stereocenters. The topological polar surface area (TPSA) is 56.7 Å². The van der Waals surface area contributed by atoms with Gasteiger partial charge in [0.2, 0.25) is 0 Å². The van der Waals surface area contributed by atoms with Gasteiger partial charge in [-0.3, -0.25) is 0 Å². The molecule has 4 bridgehead atoms. The fraction of sp³-hybridized carbons (Fsp3) is 0.846. The highest BCUT2D eigenvalue weighted by molar-refractivity contribution is 5.00. The zero-order valence-electron chi connectivity index (χ0n) is 10.1. The molecule has 4 nitrogen and oxygen atoms in total. The molecule has 17 heavy (non-hydrogen) atoms. The van der Waals surface area contributed by atoms with Crippen molar-refractivity contribution in [2.75, 3.05) is 0 Å². The summed E-state index contributed by atoms with van der Waals surface area (Å²) in [5.74, 6) is 4.55. The fourth-order valence-electron chi connectivity index (χ4n) is 4.88. The molecule has 0 aromatic carbocycles. The van der Waals surface area contributed by atoms with Gasteiger partial charge in [-0.2, -0.15) is 5.10 Å². The van der Waals surface area contributed by atoms with Gasteiger partial charge in [0, 0.05) is 0 Å². The molecule has 1 heterocycles. The van der Waals surface area contributed by atoms with Crippen molar-refractivity contribution in [3.63, 3.8) is 0 Å². The smallest absolute Gasteiger partial charge is 0.164 e. The third-order valence-corrected chi connectivity index (χ3v) is 5.22. The maximum absolute atomic E-state index is 5.60. The molecule has 0 radical (unpaired) electrons. The molecular formula is C13H20N4. The average molecular weight is 232 g/mol. The van der Waals surface area contributed by atoms with Crippen molar-refractivity contribution in [3.05, 3.63) is 12.2 Å². The van der Waals surface area contributed by atoms with Crippen LogP contribution in [0.4, 0.5) is 0 Å². The molecule has 0 saturated heterocycles. The SMILES string of the molecule is NCc1ncn(C2C3CC4CC(C3)CC2C4)n1. The lowest BCUT2D eigenvalue weighted by atomic mass is 9.54. The standard InChI is InChI=1S/C13H20N4/c14-6-12-15-7-17(16-12)13-10-2-8-1-9(4-10)5-11(13)3-8/h7-11,13H,1-6,14H2. The number of hydrogen-bond donors (Lipinski definition) is 1. The summed E-state index contributed by atoms with van der Waals surface area (Å²) < 4.78 is 2.13. The first-order valence-electron chi connectivity index (χ1n) is 6.93. The maximum atomic E-state index is 5.60. The van der Waals surface area contributed by atoms with E-state index in [0.717, 1.165) is 29.5 Å². The highest BCUT2D eigenvalue weighted by atomic mass is 15.4. The predicted molar refractivity (Wildman–Crippen MR) is 64.0 cm³/mol. The molecular weight excluding hydrogens is 212 g/mol. The largest absolute Gasteiger partial charge is 0.324 e. The van der Waals surface area contributed by atoms with E-state index in [0.29, 0.717) is 12.6 Å². The van der Waals surface area contributed by atoms with E-state index >= 15 is 0 Å². The molecule has 4 saturated carbocycles. The number of nitrogens with zero attached hydrogens (tertiary/aromatic N) is 3. The second kappa shape index (κ2) is 3.55. The average Bonchev–Trinajstić information content (AvgIpc) is 2.76. The number of rotatable bonds is 2. The number of hydrogen-bond acceptors (Lipinski definition) is 3. The number of nitrogens with two attached hydrogens (primary N) is 1. The lowest BCUT2D eigenvalue weighted by Gasteiger charge is -2.54. The van der Waals surface area contributed by atoms with E-state index in [1.807, 2.05) is 6.33 Å². The van der Waals surface area contributed by atoms with Crippen molar-refractivity contribution in [2.45, 2.75) is 44.7 Å². The van der Waals surface area contributed by atoms with Gasteiger partial charge < -0.3 is 5.73 Å². The Kier molecular flexibility index (Phi) is 2.10. The summed E-state index contributed by atoms with van der Waals surface area (Å²) in [6.07, 6.45) is 9.12. The highest BCUT2D eigenvalue weighted by Crippen LogP contribution is 2.57. The first-order chi connectivity index (χ1) is 8.33. The van der Waals surface area contributed by atoms with Crippen molar-refractivity contribution >= 4 is 0 Å². The van der Waals surface area contributed by atoms with Gasteiger partial charge in [0.1, 0.15) is 6.33 Å². The molecule has 0 spiro atoms. The highest BCUT2D eigenvalue weighted by Gasteiger charge is 2.49. The van der Waals surface area contributed by atoms with Crippen LogP contribution in [0.25, 0.3) is 0 Å². The van der Waals surface area contributed by atoms with Gasteiger partial charge in [-0.1, -0.05) is 0 Å². The first kappa shape index (κ1) is 10.1. The van der Waals surface area contributed by atoms with Crippen molar-refractivity contribution in [1.29, 1.82) is 0 Å². The maximum Gasteiger partial charge on any atom is 0.164 e. The molecule has 4 fully saturated rings. The Labute approximate surface area is 102 Å². The van der Waals surface area contributed by atoms with Crippen LogP contribution in [0.2, 0.25) is 0 Å². The Hall–Kier alpha value is -0.900. The molecule has 0 amide bonds. The second-order valence-corrected chi connectivity index (χ2v) is 6.27. The quantitative estimate of drug-likeness (QED) is 0.845. The van der Waals surface area contributed by atoms with Crippen LogP contribution in [0.5, 0.6) is 0 Å². The summed E-state index contributed by atoms with van der Waals surface area (Å²) >= 11 is 0. The summed E-state index contributed by atoms with van der Waals surface area (Å²) in [7, 11) is 0. The Morgan fingerprint density at radius 2 is 1.76 bits per heavy atom. The van der Waals surface area contributed by atoms with Crippen molar-refractivity contribution in [2.24, 2.45) is 29.4 Å². The molecule has 4 aliphatic rings. The van der Waals surface area contributed by atoms with E-state index in [2.05, 4.69) is 14.8 Å². The lowest BCUT2D eigenvalue weighted by Crippen LogP contribution is -2.46. The molecule has 4 heteroatoms. The van der Waals surface area contributed by atoms with Crippen molar-refractivity contribution in [1.82, 2.24) is 14.8 Å². The van der Waals surface area contributed by atoms with E-state index < -0.39 is 0 Å². The zero-order valence-corrected chi connectivity index (χ0v) is 10.1. The lowest BCUT2D eigenvalue weighted by molar-refractivity contribution is -0.0338. The van der Waals surface area contributed by atoms with Crippen molar-refractivity contribution < 1.29 is 0 Å². The van der Waals surface area contributed by atoms with Crippen LogP contribution in [0.15, 0.2) is 6.33 Å². The predicted octanol–water partition coefficient (Wildman–Crippen LogP) is 1.73. The van der Waals surface area contributed by atoms with Gasteiger partial charge in [-0.15, -0.1) is 0 Å². The monoisotopic (exact) mass is 232 g/mol. The van der Waals surface area contributed by atoms with E-state index in [4.69, 9.17) is 5.73 Å². The van der Waals surface area contributed by atoms with Crippen LogP contribution in [0.3, 0.4) is 0 Å². The van der Waals surface area contributed by atoms with E-state index in [-0.39, 0.29) is 0 Å². The Morgan fingerprint density at radius 1 is 1.12 bits per heavy atom. The molecule has 2 N–H and O–H groups in total. The summed E-state index contributed by atoms with van der Waals surface area (Å²) in [4.78, 5) is 4.29. The fourth-order valence-corrected chi connectivity index (χ4v) is 4.88. The molecule has 0 atom stereocenters. The van der Waals surface area contributed by atoms with Crippen LogP contribution < -0.4 is 5.73 Å². The van der Waals surface area contributed by atoms with Gasteiger partial charge in [-0.25, -0.2) is 9.67 Å². The van der Waals surface area contributed by atoms with Gasteiger partial charge in [0.25, 0.3) is 0 Å². The summed E-state index contributed by atoms with van der Waals surface area (Å²) in [5, 5.41) is 4.56. The third kappa shape index (κ3) is 1.46. The number of aromatic nitrogens is 3. The van der Waals surface area contributed by atoms with Crippen LogP contribution in [0.1, 0.15) is 44.0 Å². The molecule has 5 rings (SSSR count). The summed E-state index contributed by atoms with van der Waals surface area (Å²) in [6, 6.07) is 0.621. The summed E-state index contributed by atoms with van der Waals surface area (Å²) in [6.45, 7) is 0.459. The Balaban J connectivity index is 1.65. The van der Waals surface area contributed by atoms with Gasteiger partial charge >= 0.3 is 0 Å². The van der Waals surface area contributed by atoms with Crippen LogP contribution in [-0.2, 0) is 6.54 Å². The van der Waals surface area contributed by atoms with Gasteiger partial charge in [0.05, 0.1) is 12.6 Å². The molecule has 1 aromatic heterocycles. The minimum Gasteiger partial charge on any atom is -0.324 e. The normalized spacial score (nSPS) is 43.2. The molecule has 0 aliphatic heterocycles. The Bertz CT molecular complexity index is 397. The second-order valence-electron chi connectivity index (χ2n) is 6.27. The zero-order chi connectivity index (χ0) is 11.4. The third-order valence-electron chi connectivity index (χ3n) is 5.22. The van der Waals surface area contributed by atoms with Crippen LogP contribution in [-0.4, -0.2) is 14.8 Å². The van der Waals surface area contributed by atoms with Crippen LogP contribution in [0, 0.1) is 23.7 Å². The minimum atomic E-state index is 0.459. The minimum absolute atomic E-state index is 0.459. The van der Waals surface area contributed by atoms with Gasteiger partial charge in [-0.05, 0) is 55.8 Å². The molecule has 4 aliphatic carbocycles. The molecule has 92 valence electrons. The first-order valence-corrected chi connectivity index (χ1v) is 6.93. The van der Waals surface area contributed by atoms with Gasteiger partial charge in [0.15, 0.2) is 5.82 Å². The van der Waals surface area contributed by atoms with E-state index in [1.165, 1.54) is 32.1 Å². The Morgan fingerprint density at radius 3 is 2.29 bits per heavy atom. The van der Waals surface area contributed by atoms with E-state index in [1.54, 1.807) is 0 Å².